The average molecular weight is 199 g/mol. The van der Waals surface area contributed by atoms with Gasteiger partial charge in [0.2, 0.25) is 0 Å². The summed E-state index contributed by atoms with van der Waals surface area (Å²) >= 11 is 1.72. The van der Waals surface area contributed by atoms with Crippen LogP contribution < -0.4 is 5.73 Å². The largest absolute Gasteiger partial charge is 0.371 e. The highest BCUT2D eigenvalue weighted by atomic mass is 32.1. The van der Waals surface area contributed by atoms with Crippen LogP contribution in [0.4, 0.5) is 0 Å². The average Bonchev–Trinajstić information content (AvgIpc) is 2.47. The molecule has 0 amide bonds. The first-order chi connectivity index (χ1) is 6.16. The Bertz CT molecular complexity index is 257. The maximum atomic E-state index is 5.86. The van der Waals surface area contributed by atoms with Crippen LogP contribution in [0.3, 0.4) is 0 Å². The van der Waals surface area contributed by atoms with E-state index in [4.69, 9.17) is 10.5 Å². The molecule has 0 radical (unpaired) electrons. The fourth-order valence-corrected chi connectivity index (χ4v) is 2.41. The summed E-state index contributed by atoms with van der Waals surface area (Å²) < 4.78 is 5.61. The monoisotopic (exact) mass is 199 g/mol. The molecule has 0 aliphatic rings. The van der Waals surface area contributed by atoms with Crippen LogP contribution in [0.5, 0.6) is 0 Å². The Balaban J connectivity index is 2.82. The Morgan fingerprint density at radius 1 is 1.62 bits per heavy atom. The molecule has 0 aliphatic carbocycles. The van der Waals surface area contributed by atoms with Gasteiger partial charge in [-0.3, -0.25) is 0 Å². The van der Waals surface area contributed by atoms with Crippen molar-refractivity contribution in [2.75, 3.05) is 6.61 Å². The Morgan fingerprint density at radius 2 is 2.31 bits per heavy atom. The van der Waals surface area contributed by atoms with Gasteiger partial charge in [0.1, 0.15) is 6.10 Å². The number of rotatable bonds is 4. The first kappa shape index (κ1) is 10.7. The lowest BCUT2D eigenvalue weighted by molar-refractivity contribution is 0.0496. The van der Waals surface area contributed by atoms with Gasteiger partial charge in [-0.15, -0.1) is 11.3 Å². The first-order valence-corrected chi connectivity index (χ1v) is 5.46. The van der Waals surface area contributed by atoms with Crippen LogP contribution in [0, 0.1) is 6.92 Å². The quantitative estimate of drug-likeness (QED) is 0.808. The van der Waals surface area contributed by atoms with Crippen molar-refractivity contribution in [2.24, 2.45) is 5.73 Å². The smallest absolute Gasteiger partial charge is 0.107 e. The molecule has 1 aromatic heterocycles. The van der Waals surface area contributed by atoms with E-state index in [2.05, 4.69) is 18.4 Å². The summed E-state index contributed by atoms with van der Waals surface area (Å²) in [7, 11) is 0. The Kier molecular flexibility index (Phi) is 3.90. The van der Waals surface area contributed by atoms with Gasteiger partial charge >= 0.3 is 0 Å². The highest BCUT2D eigenvalue weighted by Gasteiger charge is 2.19. The lowest BCUT2D eigenvalue weighted by atomic mass is 10.1. The van der Waals surface area contributed by atoms with Crippen molar-refractivity contribution >= 4 is 11.3 Å². The normalized spacial score (nSPS) is 15.7. The number of hydrogen-bond acceptors (Lipinski definition) is 3. The highest BCUT2D eigenvalue weighted by Crippen LogP contribution is 2.28. The second kappa shape index (κ2) is 4.74. The summed E-state index contributed by atoms with van der Waals surface area (Å²) in [5.74, 6) is 0. The molecule has 1 rings (SSSR count). The zero-order chi connectivity index (χ0) is 9.84. The third-order valence-corrected chi connectivity index (χ3v) is 3.06. The van der Waals surface area contributed by atoms with Crippen LogP contribution in [-0.2, 0) is 4.74 Å². The van der Waals surface area contributed by atoms with Crippen molar-refractivity contribution in [3.05, 3.63) is 21.9 Å². The van der Waals surface area contributed by atoms with E-state index in [1.54, 1.807) is 11.3 Å². The fraction of sp³-hybridized carbons (Fsp3) is 0.600. The van der Waals surface area contributed by atoms with Crippen molar-refractivity contribution in [3.8, 4) is 0 Å². The lowest BCUT2D eigenvalue weighted by Crippen LogP contribution is -2.26. The number of aryl methyl sites for hydroxylation is 1. The molecular weight excluding hydrogens is 182 g/mol. The van der Waals surface area contributed by atoms with E-state index in [9.17, 15) is 0 Å². The summed E-state index contributed by atoms with van der Waals surface area (Å²) in [6, 6.07) is 2.16. The Hall–Kier alpha value is -0.380. The molecule has 1 aromatic rings. The number of hydrogen-bond donors (Lipinski definition) is 1. The van der Waals surface area contributed by atoms with Crippen LogP contribution in [0.2, 0.25) is 0 Å². The maximum absolute atomic E-state index is 5.86. The predicted molar refractivity (Wildman–Crippen MR) is 57.1 cm³/mol. The summed E-state index contributed by atoms with van der Waals surface area (Å²) in [5, 5.41) is 2.08. The lowest BCUT2D eigenvalue weighted by Gasteiger charge is -2.20. The molecule has 74 valence electrons. The van der Waals surface area contributed by atoms with E-state index in [1.807, 2.05) is 13.8 Å². The van der Waals surface area contributed by atoms with Gasteiger partial charge in [-0.2, -0.15) is 0 Å². The van der Waals surface area contributed by atoms with E-state index in [0.717, 1.165) is 0 Å². The molecule has 13 heavy (non-hydrogen) atoms. The van der Waals surface area contributed by atoms with Gasteiger partial charge in [0.15, 0.2) is 0 Å². The van der Waals surface area contributed by atoms with Crippen LogP contribution in [0.25, 0.3) is 0 Å². The topological polar surface area (TPSA) is 35.2 Å². The van der Waals surface area contributed by atoms with Crippen molar-refractivity contribution in [1.82, 2.24) is 0 Å². The third-order valence-electron chi connectivity index (χ3n) is 1.98. The number of thiophene rings is 1. The molecule has 0 saturated carbocycles. The first-order valence-electron chi connectivity index (χ1n) is 4.58. The molecule has 2 nitrogen and oxygen atoms in total. The van der Waals surface area contributed by atoms with Gasteiger partial charge in [-0.05, 0) is 37.8 Å². The predicted octanol–water partition coefficient (Wildman–Crippen LogP) is 2.48. The standard InChI is InChI=1S/C10H17NOS/c1-4-12-9(8(3)11)10-7(2)5-6-13-10/h5-6,8-9H,4,11H2,1-3H3. The van der Waals surface area contributed by atoms with E-state index < -0.39 is 0 Å². The molecular formula is C10H17NOS. The van der Waals surface area contributed by atoms with E-state index in [-0.39, 0.29) is 12.1 Å². The van der Waals surface area contributed by atoms with Gasteiger partial charge in [-0.1, -0.05) is 0 Å². The van der Waals surface area contributed by atoms with Crippen molar-refractivity contribution in [2.45, 2.75) is 32.9 Å². The van der Waals surface area contributed by atoms with Crippen molar-refractivity contribution < 1.29 is 4.74 Å². The SMILES string of the molecule is CCOC(c1sccc1C)C(C)N. The molecule has 3 heteroatoms. The van der Waals surface area contributed by atoms with E-state index >= 15 is 0 Å². The van der Waals surface area contributed by atoms with Crippen LogP contribution in [-0.4, -0.2) is 12.6 Å². The third kappa shape index (κ3) is 2.53. The molecule has 2 atom stereocenters. The Morgan fingerprint density at radius 3 is 2.69 bits per heavy atom. The van der Waals surface area contributed by atoms with E-state index in [1.165, 1.54) is 10.4 Å². The molecule has 0 aromatic carbocycles. The second-order valence-electron chi connectivity index (χ2n) is 3.20. The molecule has 0 spiro atoms. The minimum Gasteiger partial charge on any atom is -0.371 e. The summed E-state index contributed by atoms with van der Waals surface area (Å²) in [4.78, 5) is 1.26. The van der Waals surface area contributed by atoms with Gasteiger partial charge in [0, 0.05) is 17.5 Å². The zero-order valence-corrected chi connectivity index (χ0v) is 9.23. The summed E-state index contributed by atoms with van der Waals surface area (Å²) in [6.07, 6.45) is 0.0602. The highest BCUT2D eigenvalue weighted by molar-refractivity contribution is 7.10. The Labute approximate surface area is 83.7 Å². The number of nitrogens with two attached hydrogens (primary N) is 1. The minimum atomic E-state index is 0.0531. The molecule has 2 N–H and O–H groups in total. The molecule has 0 bridgehead atoms. The van der Waals surface area contributed by atoms with Crippen LogP contribution in [0.1, 0.15) is 30.4 Å². The summed E-state index contributed by atoms with van der Waals surface area (Å²) in [5.41, 5.74) is 7.14. The zero-order valence-electron chi connectivity index (χ0n) is 8.41. The molecule has 0 aliphatic heterocycles. The second-order valence-corrected chi connectivity index (χ2v) is 4.15. The van der Waals surface area contributed by atoms with Gasteiger partial charge in [0.25, 0.3) is 0 Å². The number of ether oxygens (including phenoxy) is 1. The summed E-state index contributed by atoms with van der Waals surface area (Å²) in [6.45, 7) is 6.79. The van der Waals surface area contributed by atoms with Gasteiger partial charge in [-0.25, -0.2) is 0 Å². The van der Waals surface area contributed by atoms with Gasteiger partial charge in [0.05, 0.1) is 0 Å². The molecule has 1 heterocycles. The van der Waals surface area contributed by atoms with Crippen LogP contribution >= 0.6 is 11.3 Å². The minimum absolute atomic E-state index is 0.0531. The maximum Gasteiger partial charge on any atom is 0.107 e. The fourth-order valence-electron chi connectivity index (χ4n) is 1.32. The molecule has 0 saturated heterocycles. The van der Waals surface area contributed by atoms with Crippen molar-refractivity contribution in [3.63, 3.8) is 0 Å². The van der Waals surface area contributed by atoms with Gasteiger partial charge < -0.3 is 10.5 Å². The molecule has 2 unspecified atom stereocenters. The van der Waals surface area contributed by atoms with Crippen LogP contribution in [0.15, 0.2) is 11.4 Å². The van der Waals surface area contributed by atoms with E-state index in [0.29, 0.717) is 6.61 Å². The van der Waals surface area contributed by atoms with Crippen molar-refractivity contribution in [1.29, 1.82) is 0 Å². The molecule has 0 fully saturated rings.